The Morgan fingerprint density at radius 2 is 2.07 bits per heavy atom. The van der Waals surface area contributed by atoms with E-state index in [1.165, 1.54) is 0 Å². The number of ether oxygens (including phenoxy) is 2. The molecule has 6 heteroatoms. The minimum atomic E-state index is -0.221. The highest BCUT2D eigenvalue weighted by atomic mass is 16.5. The maximum absolute atomic E-state index is 12.6. The van der Waals surface area contributed by atoms with Gasteiger partial charge in [0.05, 0.1) is 25.4 Å². The predicted octanol–water partition coefficient (Wildman–Crippen LogP) is 3.38. The van der Waals surface area contributed by atoms with E-state index in [1.807, 2.05) is 43.3 Å². The molecule has 1 aliphatic heterocycles. The molecule has 0 saturated carbocycles. The summed E-state index contributed by atoms with van der Waals surface area (Å²) in [4.78, 5) is 17.1. The van der Waals surface area contributed by atoms with Crippen molar-refractivity contribution in [3.63, 3.8) is 0 Å². The highest BCUT2D eigenvalue weighted by molar-refractivity contribution is 6.10. The molecule has 1 aliphatic rings. The van der Waals surface area contributed by atoms with Crippen molar-refractivity contribution in [2.45, 2.75) is 25.9 Å². The number of anilines is 1. The first-order valence-electron chi connectivity index (χ1n) is 9.10. The van der Waals surface area contributed by atoms with Gasteiger partial charge in [-0.3, -0.25) is 10.1 Å². The smallest absolute Gasteiger partial charge is 0.257 e. The molecule has 0 spiro atoms. The molecule has 3 rings (SSSR count). The van der Waals surface area contributed by atoms with Gasteiger partial charge in [0, 0.05) is 12.2 Å². The quantitative estimate of drug-likeness (QED) is 0.628. The third kappa shape index (κ3) is 5.31. The number of aliphatic imine (C=N–C) groups is 1. The fraction of sp³-hybridized carbons (Fsp3) is 0.333. The first-order chi connectivity index (χ1) is 13.2. The SMILES string of the molecule is COc1ccc(C)cc1NC(=NC[C@H]1CCCO1)NC(=O)c1ccccc1. The largest absolute Gasteiger partial charge is 0.495 e. The topological polar surface area (TPSA) is 71.9 Å². The van der Waals surface area contributed by atoms with Gasteiger partial charge in [0.2, 0.25) is 5.96 Å². The lowest BCUT2D eigenvalue weighted by molar-refractivity contribution is 0.0975. The number of nitrogens with one attached hydrogen (secondary N) is 2. The summed E-state index contributed by atoms with van der Waals surface area (Å²) in [5.41, 5.74) is 2.39. The molecule has 1 fully saturated rings. The van der Waals surface area contributed by atoms with E-state index < -0.39 is 0 Å². The summed E-state index contributed by atoms with van der Waals surface area (Å²) in [7, 11) is 1.61. The van der Waals surface area contributed by atoms with Gasteiger partial charge in [-0.05, 0) is 49.6 Å². The number of hydrogen-bond acceptors (Lipinski definition) is 4. The maximum Gasteiger partial charge on any atom is 0.257 e. The Morgan fingerprint density at radius 3 is 2.78 bits per heavy atom. The molecule has 2 N–H and O–H groups in total. The fourth-order valence-electron chi connectivity index (χ4n) is 2.91. The van der Waals surface area contributed by atoms with Crippen LogP contribution in [0.3, 0.4) is 0 Å². The Kier molecular flexibility index (Phi) is 6.44. The number of benzene rings is 2. The van der Waals surface area contributed by atoms with Gasteiger partial charge in [-0.25, -0.2) is 4.99 Å². The zero-order chi connectivity index (χ0) is 19.1. The number of methoxy groups -OCH3 is 1. The molecule has 1 saturated heterocycles. The highest BCUT2D eigenvalue weighted by Gasteiger charge is 2.16. The molecule has 0 bridgehead atoms. The minimum absolute atomic E-state index is 0.0924. The second-order valence-electron chi connectivity index (χ2n) is 6.47. The van der Waals surface area contributed by atoms with Gasteiger partial charge < -0.3 is 14.8 Å². The van der Waals surface area contributed by atoms with Crippen molar-refractivity contribution in [1.82, 2.24) is 5.32 Å². The number of amides is 1. The van der Waals surface area contributed by atoms with Gasteiger partial charge in [-0.15, -0.1) is 0 Å². The van der Waals surface area contributed by atoms with Crippen LogP contribution in [0.15, 0.2) is 53.5 Å². The van der Waals surface area contributed by atoms with E-state index in [4.69, 9.17) is 9.47 Å². The molecule has 0 aromatic heterocycles. The summed E-state index contributed by atoms with van der Waals surface area (Å²) in [5.74, 6) is 0.837. The summed E-state index contributed by atoms with van der Waals surface area (Å²) in [6.45, 7) is 3.26. The van der Waals surface area contributed by atoms with E-state index >= 15 is 0 Å². The van der Waals surface area contributed by atoms with Gasteiger partial charge in [0.25, 0.3) is 5.91 Å². The van der Waals surface area contributed by atoms with Crippen LogP contribution in [-0.2, 0) is 4.74 Å². The van der Waals surface area contributed by atoms with E-state index in [0.29, 0.717) is 23.8 Å². The average molecular weight is 367 g/mol. The van der Waals surface area contributed by atoms with Crippen LogP contribution in [-0.4, -0.2) is 38.2 Å². The highest BCUT2D eigenvalue weighted by Crippen LogP contribution is 2.25. The summed E-state index contributed by atoms with van der Waals surface area (Å²) in [6, 6.07) is 14.9. The number of carbonyl (C=O) groups is 1. The van der Waals surface area contributed by atoms with E-state index in [-0.39, 0.29) is 12.0 Å². The summed E-state index contributed by atoms with van der Waals surface area (Å²) >= 11 is 0. The van der Waals surface area contributed by atoms with Gasteiger partial charge in [-0.2, -0.15) is 0 Å². The molecule has 1 atom stereocenters. The third-order valence-electron chi connectivity index (χ3n) is 4.35. The summed E-state index contributed by atoms with van der Waals surface area (Å²) in [6.07, 6.45) is 2.12. The molecule has 27 heavy (non-hydrogen) atoms. The number of guanidine groups is 1. The Bertz CT molecular complexity index is 800. The average Bonchev–Trinajstić information content (AvgIpc) is 3.20. The number of aryl methyl sites for hydroxylation is 1. The van der Waals surface area contributed by atoms with Gasteiger partial charge >= 0.3 is 0 Å². The molecule has 0 radical (unpaired) electrons. The van der Waals surface area contributed by atoms with Crippen molar-refractivity contribution in [1.29, 1.82) is 0 Å². The van der Waals surface area contributed by atoms with E-state index in [2.05, 4.69) is 15.6 Å². The van der Waals surface area contributed by atoms with E-state index in [9.17, 15) is 4.79 Å². The monoisotopic (exact) mass is 367 g/mol. The van der Waals surface area contributed by atoms with E-state index in [1.54, 1.807) is 19.2 Å². The van der Waals surface area contributed by atoms with Crippen LogP contribution in [0.4, 0.5) is 5.69 Å². The minimum Gasteiger partial charge on any atom is -0.495 e. The molecule has 142 valence electrons. The van der Waals surface area contributed by atoms with Crippen molar-refractivity contribution in [3.8, 4) is 5.75 Å². The predicted molar refractivity (Wildman–Crippen MR) is 107 cm³/mol. The Hall–Kier alpha value is -2.86. The number of nitrogens with zero attached hydrogens (tertiary/aromatic N) is 1. The van der Waals surface area contributed by atoms with Crippen molar-refractivity contribution in [2.24, 2.45) is 4.99 Å². The van der Waals surface area contributed by atoms with Crippen molar-refractivity contribution in [2.75, 3.05) is 25.6 Å². The molecule has 1 heterocycles. The van der Waals surface area contributed by atoms with Crippen LogP contribution in [0.5, 0.6) is 5.75 Å². The van der Waals surface area contributed by atoms with Crippen molar-refractivity contribution < 1.29 is 14.3 Å². The molecule has 2 aromatic rings. The normalized spacial score (nSPS) is 16.8. The zero-order valence-corrected chi connectivity index (χ0v) is 15.7. The van der Waals surface area contributed by atoms with Gasteiger partial charge in [0.15, 0.2) is 0 Å². The maximum atomic E-state index is 12.6. The molecule has 1 amide bonds. The molecular formula is C21H25N3O3. The van der Waals surface area contributed by atoms with Gasteiger partial charge in [0.1, 0.15) is 5.75 Å². The van der Waals surface area contributed by atoms with Crippen LogP contribution in [0, 0.1) is 6.92 Å². The van der Waals surface area contributed by atoms with Crippen LogP contribution >= 0.6 is 0 Å². The molecule has 6 nitrogen and oxygen atoms in total. The lowest BCUT2D eigenvalue weighted by Gasteiger charge is -2.16. The van der Waals surface area contributed by atoms with Gasteiger partial charge in [-0.1, -0.05) is 24.3 Å². The molecule has 0 aliphatic carbocycles. The third-order valence-corrected chi connectivity index (χ3v) is 4.35. The van der Waals surface area contributed by atoms with Crippen LogP contribution < -0.4 is 15.4 Å². The van der Waals surface area contributed by atoms with Crippen LogP contribution in [0.1, 0.15) is 28.8 Å². The lowest BCUT2D eigenvalue weighted by atomic mass is 10.2. The van der Waals surface area contributed by atoms with E-state index in [0.717, 1.165) is 30.7 Å². The standard InChI is InChI=1S/C21H25N3O3/c1-15-10-11-19(26-2)18(13-15)23-21(22-14-17-9-6-12-27-17)24-20(25)16-7-4-3-5-8-16/h3-5,7-8,10-11,13,17H,6,9,12,14H2,1-2H3,(H2,22,23,24,25)/t17-/m1/s1. The number of carbonyl (C=O) groups excluding carboxylic acids is 1. The molecule has 2 aromatic carbocycles. The Balaban J connectivity index is 1.79. The Labute approximate surface area is 159 Å². The number of rotatable bonds is 5. The summed E-state index contributed by atoms with van der Waals surface area (Å²) < 4.78 is 11.0. The van der Waals surface area contributed by atoms with Crippen molar-refractivity contribution >= 4 is 17.6 Å². The second-order valence-corrected chi connectivity index (χ2v) is 6.47. The first kappa shape index (κ1) is 18.9. The Morgan fingerprint density at radius 1 is 1.26 bits per heavy atom. The fourth-order valence-corrected chi connectivity index (χ4v) is 2.91. The van der Waals surface area contributed by atoms with Crippen LogP contribution in [0.2, 0.25) is 0 Å². The molecular weight excluding hydrogens is 342 g/mol. The van der Waals surface area contributed by atoms with Crippen LogP contribution in [0.25, 0.3) is 0 Å². The second kappa shape index (κ2) is 9.19. The summed E-state index contributed by atoms with van der Waals surface area (Å²) in [5, 5.41) is 6.07. The molecule has 0 unspecified atom stereocenters. The number of hydrogen-bond donors (Lipinski definition) is 2. The zero-order valence-electron chi connectivity index (χ0n) is 15.7. The van der Waals surface area contributed by atoms with Crippen molar-refractivity contribution in [3.05, 3.63) is 59.7 Å². The lowest BCUT2D eigenvalue weighted by Crippen LogP contribution is -2.36. The first-order valence-corrected chi connectivity index (χ1v) is 9.10.